The highest BCUT2D eigenvalue weighted by Crippen LogP contribution is 2.33. The van der Waals surface area contributed by atoms with Crippen LogP contribution in [0.3, 0.4) is 0 Å². The zero-order valence-corrected chi connectivity index (χ0v) is 17.5. The number of nitrogen functional groups attached to an aromatic ring is 1. The number of ether oxygens (including phenoxy) is 2. The molecule has 0 bridgehead atoms. The van der Waals surface area contributed by atoms with E-state index in [1.165, 1.54) is 33.0 Å². The molecule has 1 aromatic heterocycles. The molecule has 0 aliphatic carbocycles. The minimum absolute atomic E-state index is 0.206. The molecular formula is C21H27N5O4. The smallest absolute Gasteiger partial charge is 0.337 e. The molecule has 1 atom stereocenters. The molecule has 2 heterocycles. The number of benzene rings is 1. The van der Waals surface area contributed by atoms with E-state index >= 15 is 0 Å². The van der Waals surface area contributed by atoms with Crippen LogP contribution in [0.4, 0.5) is 23.0 Å². The van der Waals surface area contributed by atoms with Crippen molar-refractivity contribution in [3.63, 3.8) is 0 Å². The number of aromatic nitrogens is 2. The number of nitrogens with zero attached hydrogens (tertiary/aromatic N) is 3. The van der Waals surface area contributed by atoms with Crippen molar-refractivity contribution in [2.75, 3.05) is 36.7 Å². The summed E-state index contributed by atoms with van der Waals surface area (Å²) in [6.07, 6.45) is 5.86. The van der Waals surface area contributed by atoms with Gasteiger partial charge in [-0.05, 0) is 43.9 Å². The van der Waals surface area contributed by atoms with Crippen LogP contribution < -0.4 is 16.0 Å². The Kier molecular flexibility index (Phi) is 6.71. The van der Waals surface area contributed by atoms with E-state index in [2.05, 4.69) is 27.1 Å². The quantitative estimate of drug-likeness (QED) is 0.688. The standard InChI is InChI=1S/C21H27N5O4/c1-4-16-7-5-6-8-26(16)19-17(22)18(23-12-24-19)25-15-10-13(20(27)29-2)9-14(11-15)21(28)30-3/h9-12,16H,4-8,22H2,1-3H3,(H,23,24,25). The molecule has 1 aliphatic rings. The van der Waals surface area contributed by atoms with Gasteiger partial charge in [0.05, 0.1) is 25.3 Å². The zero-order valence-electron chi connectivity index (χ0n) is 17.5. The normalized spacial score (nSPS) is 16.1. The van der Waals surface area contributed by atoms with E-state index in [0.717, 1.165) is 25.8 Å². The fourth-order valence-electron chi connectivity index (χ4n) is 3.73. The van der Waals surface area contributed by atoms with E-state index in [1.807, 2.05) is 0 Å². The largest absolute Gasteiger partial charge is 0.465 e. The molecule has 1 aromatic carbocycles. The van der Waals surface area contributed by atoms with E-state index in [4.69, 9.17) is 15.2 Å². The summed E-state index contributed by atoms with van der Waals surface area (Å²) >= 11 is 0. The molecule has 1 unspecified atom stereocenters. The number of anilines is 4. The molecular weight excluding hydrogens is 386 g/mol. The van der Waals surface area contributed by atoms with Crippen LogP contribution in [0.25, 0.3) is 0 Å². The van der Waals surface area contributed by atoms with Crippen LogP contribution in [-0.4, -0.2) is 48.7 Å². The van der Waals surface area contributed by atoms with Crippen LogP contribution >= 0.6 is 0 Å². The third kappa shape index (κ3) is 4.45. The molecule has 3 rings (SSSR count). The van der Waals surface area contributed by atoms with Gasteiger partial charge in [-0.25, -0.2) is 19.6 Å². The zero-order chi connectivity index (χ0) is 21.7. The molecule has 1 saturated heterocycles. The fraction of sp³-hybridized carbons (Fsp3) is 0.429. The number of hydrogen-bond acceptors (Lipinski definition) is 9. The van der Waals surface area contributed by atoms with Crippen molar-refractivity contribution in [3.05, 3.63) is 35.7 Å². The van der Waals surface area contributed by atoms with Gasteiger partial charge in [-0.2, -0.15) is 0 Å². The van der Waals surface area contributed by atoms with Gasteiger partial charge in [0.2, 0.25) is 0 Å². The molecule has 0 radical (unpaired) electrons. The highest BCUT2D eigenvalue weighted by atomic mass is 16.5. The Morgan fingerprint density at radius 1 is 1.13 bits per heavy atom. The number of carbonyl (C=O) groups excluding carboxylic acids is 2. The van der Waals surface area contributed by atoms with Crippen molar-refractivity contribution < 1.29 is 19.1 Å². The van der Waals surface area contributed by atoms with Gasteiger partial charge in [-0.15, -0.1) is 0 Å². The first-order chi connectivity index (χ1) is 14.5. The Balaban J connectivity index is 1.96. The summed E-state index contributed by atoms with van der Waals surface area (Å²) in [5.74, 6) is -0.0480. The van der Waals surface area contributed by atoms with Crippen LogP contribution in [-0.2, 0) is 9.47 Å². The van der Waals surface area contributed by atoms with Crippen molar-refractivity contribution in [2.45, 2.75) is 38.6 Å². The molecule has 0 amide bonds. The van der Waals surface area contributed by atoms with Crippen molar-refractivity contribution in [3.8, 4) is 0 Å². The lowest BCUT2D eigenvalue weighted by Gasteiger charge is -2.36. The molecule has 0 spiro atoms. The summed E-state index contributed by atoms with van der Waals surface area (Å²) in [5, 5.41) is 3.10. The second kappa shape index (κ2) is 9.43. The highest BCUT2D eigenvalue weighted by Gasteiger charge is 2.25. The summed E-state index contributed by atoms with van der Waals surface area (Å²) < 4.78 is 9.56. The van der Waals surface area contributed by atoms with Crippen LogP contribution in [0, 0.1) is 0 Å². The lowest BCUT2D eigenvalue weighted by molar-refractivity contribution is 0.0599. The van der Waals surface area contributed by atoms with Crippen molar-refractivity contribution >= 4 is 34.9 Å². The number of nitrogens with one attached hydrogen (secondary N) is 1. The number of rotatable bonds is 6. The molecule has 1 fully saturated rings. The van der Waals surface area contributed by atoms with Crippen LogP contribution in [0.1, 0.15) is 53.3 Å². The van der Waals surface area contributed by atoms with Crippen molar-refractivity contribution in [2.24, 2.45) is 0 Å². The Morgan fingerprint density at radius 2 is 1.80 bits per heavy atom. The van der Waals surface area contributed by atoms with Crippen molar-refractivity contribution in [1.82, 2.24) is 9.97 Å². The molecule has 9 nitrogen and oxygen atoms in total. The first kappa shape index (κ1) is 21.4. The summed E-state index contributed by atoms with van der Waals surface area (Å²) in [4.78, 5) is 35.0. The average Bonchev–Trinajstić information content (AvgIpc) is 2.79. The molecule has 160 valence electrons. The number of piperidine rings is 1. The Hall–Kier alpha value is -3.36. The summed E-state index contributed by atoms with van der Waals surface area (Å²) in [5.41, 5.74) is 7.70. The molecule has 0 saturated carbocycles. The predicted molar refractivity (Wildman–Crippen MR) is 114 cm³/mol. The number of methoxy groups -OCH3 is 2. The third-order valence-corrected chi connectivity index (χ3v) is 5.27. The van der Waals surface area contributed by atoms with E-state index in [1.54, 1.807) is 12.1 Å². The lowest BCUT2D eigenvalue weighted by atomic mass is 10.00. The Labute approximate surface area is 175 Å². The van der Waals surface area contributed by atoms with E-state index in [9.17, 15) is 9.59 Å². The van der Waals surface area contributed by atoms with Gasteiger partial charge >= 0.3 is 11.9 Å². The first-order valence-corrected chi connectivity index (χ1v) is 9.94. The molecule has 2 aromatic rings. The Bertz CT molecular complexity index is 899. The molecule has 30 heavy (non-hydrogen) atoms. The summed E-state index contributed by atoms with van der Waals surface area (Å²) in [7, 11) is 2.55. The number of nitrogens with two attached hydrogens (primary N) is 1. The van der Waals surface area contributed by atoms with E-state index in [0.29, 0.717) is 29.1 Å². The van der Waals surface area contributed by atoms with Gasteiger partial charge in [0.1, 0.15) is 12.0 Å². The van der Waals surface area contributed by atoms with Gasteiger partial charge in [-0.1, -0.05) is 6.92 Å². The maximum atomic E-state index is 12.0. The van der Waals surface area contributed by atoms with Gasteiger partial charge < -0.3 is 25.4 Å². The average molecular weight is 413 g/mol. The minimum Gasteiger partial charge on any atom is -0.465 e. The van der Waals surface area contributed by atoms with Gasteiger partial charge in [0.25, 0.3) is 0 Å². The van der Waals surface area contributed by atoms with Crippen molar-refractivity contribution in [1.29, 1.82) is 0 Å². The van der Waals surface area contributed by atoms with Gasteiger partial charge in [0, 0.05) is 18.3 Å². The van der Waals surface area contributed by atoms with Gasteiger partial charge in [0.15, 0.2) is 11.6 Å². The van der Waals surface area contributed by atoms with Crippen LogP contribution in [0.5, 0.6) is 0 Å². The topological polar surface area (TPSA) is 120 Å². The van der Waals surface area contributed by atoms with E-state index < -0.39 is 11.9 Å². The third-order valence-electron chi connectivity index (χ3n) is 5.27. The maximum Gasteiger partial charge on any atom is 0.337 e. The predicted octanol–water partition coefficient (Wildman–Crippen LogP) is 3.14. The second-order valence-corrected chi connectivity index (χ2v) is 7.12. The van der Waals surface area contributed by atoms with Gasteiger partial charge in [-0.3, -0.25) is 0 Å². The number of hydrogen-bond donors (Lipinski definition) is 2. The molecule has 1 aliphatic heterocycles. The van der Waals surface area contributed by atoms with Crippen LogP contribution in [0.2, 0.25) is 0 Å². The second-order valence-electron chi connectivity index (χ2n) is 7.12. The highest BCUT2D eigenvalue weighted by molar-refractivity contribution is 5.97. The SMILES string of the molecule is CCC1CCCCN1c1ncnc(Nc2cc(C(=O)OC)cc(C(=O)OC)c2)c1N. The van der Waals surface area contributed by atoms with E-state index in [-0.39, 0.29) is 11.1 Å². The summed E-state index contributed by atoms with van der Waals surface area (Å²) in [6.45, 7) is 3.05. The maximum absolute atomic E-state index is 12.0. The molecule has 9 heteroatoms. The summed E-state index contributed by atoms with van der Waals surface area (Å²) in [6, 6.07) is 4.93. The lowest BCUT2D eigenvalue weighted by Crippen LogP contribution is -2.40. The monoisotopic (exact) mass is 413 g/mol. The minimum atomic E-state index is -0.570. The number of esters is 2. The van der Waals surface area contributed by atoms with Crippen LogP contribution in [0.15, 0.2) is 24.5 Å². The fourth-order valence-corrected chi connectivity index (χ4v) is 3.73. The number of carbonyl (C=O) groups is 2. The Morgan fingerprint density at radius 3 is 2.40 bits per heavy atom. The first-order valence-electron chi connectivity index (χ1n) is 9.94. The molecule has 3 N–H and O–H groups in total.